The molecule has 0 saturated heterocycles. The molecule has 0 aliphatic heterocycles. The molecule has 0 fully saturated rings. The van der Waals surface area contributed by atoms with Crippen molar-refractivity contribution in [1.29, 1.82) is 0 Å². The first kappa shape index (κ1) is 14.3. The van der Waals surface area contributed by atoms with Gasteiger partial charge in [0.05, 0.1) is 32.6 Å². The lowest BCUT2D eigenvalue weighted by molar-refractivity contribution is 0.884. The van der Waals surface area contributed by atoms with Crippen molar-refractivity contribution in [3.63, 3.8) is 0 Å². The largest absolute Gasteiger partial charge is 0.396 e. The smallest absolute Gasteiger partial charge is 0.117 e. The first-order chi connectivity index (χ1) is 10.1. The van der Waals surface area contributed by atoms with Crippen LogP contribution in [-0.4, -0.2) is 9.78 Å². The third-order valence-corrected chi connectivity index (χ3v) is 4.11. The van der Waals surface area contributed by atoms with E-state index in [0.717, 1.165) is 11.3 Å². The predicted molar refractivity (Wildman–Crippen MR) is 88.4 cm³/mol. The molecule has 0 aliphatic rings. The molecular weight excluding hydrogens is 329 g/mol. The van der Waals surface area contributed by atoms with Gasteiger partial charge in [0.1, 0.15) is 5.69 Å². The van der Waals surface area contributed by atoms with Gasteiger partial charge < -0.3 is 5.73 Å². The summed E-state index contributed by atoms with van der Waals surface area (Å²) in [5, 5.41) is 6.04. The first-order valence-corrected chi connectivity index (χ1v) is 7.25. The van der Waals surface area contributed by atoms with Gasteiger partial charge in [-0.25, -0.2) is 4.68 Å². The molecule has 0 spiro atoms. The van der Waals surface area contributed by atoms with Crippen molar-refractivity contribution in [2.24, 2.45) is 0 Å². The number of halogens is 3. The Labute approximate surface area is 136 Å². The van der Waals surface area contributed by atoms with Gasteiger partial charge in [0.15, 0.2) is 0 Å². The van der Waals surface area contributed by atoms with Crippen molar-refractivity contribution in [3.8, 4) is 16.9 Å². The summed E-state index contributed by atoms with van der Waals surface area (Å²) in [4.78, 5) is 0. The molecule has 0 radical (unpaired) electrons. The maximum absolute atomic E-state index is 6.19. The summed E-state index contributed by atoms with van der Waals surface area (Å²) < 4.78 is 1.65. The van der Waals surface area contributed by atoms with Crippen molar-refractivity contribution in [2.45, 2.75) is 0 Å². The van der Waals surface area contributed by atoms with Crippen molar-refractivity contribution in [1.82, 2.24) is 9.78 Å². The molecule has 0 atom stereocenters. The fourth-order valence-electron chi connectivity index (χ4n) is 2.01. The lowest BCUT2D eigenvalue weighted by Crippen LogP contribution is -1.95. The second-order valence-electron chi connectivity index (χ2n) is 4.46. The van der Waals surface area contributed by atoms with E-state index in [1.54, 1.807) is 29.1 Å². The zero-order chi connectivity index (χ0) is 15.0. The fraction of sp³-hybridized carbons (Fsp3) is 0. The van der Waals surface area contributed by atoms with Crippen LogP contribution in [0.4, 0.5) is 5.69 Å². The van der Waals surface area contributed by atoms with Crippen LogP contribution in [0.15, 0.2) is 48.7 Å². The van der Waals surface area contributed by atoms with E-state index in [2.05, 4.69) is 5.10 Å². The molecule has 3 rings (SSSR count). The minimum atomic E-state index is 0.461. The van der Waals surface area contributed by atoms with E-state index in [9.17, 15) is 0 Å². The topological polar surface area (TPSA) is 43.8 Å². The predicted octanol–water partition coefficient (Wildman–Crippen LogP) is 5.08. The van der Waals surface area contributed by atoms with E-state index in [-0.39, 0.29) is 0 Å². The molecule has 0 bridgehead atoms. The van der Waals surface area contributed by atoms with Crippen LogP contribution >= 0.6 is 34.8 Å². The highest BCUT2D eigenvalue weighted by Gasteiger charge is 2.12. The SMILES string of the molecule is Nc1cn(-c2ccc(Cl)c(Cl)c2)nc1-c1ccccc1Cl. The zero-order valence-corrected chi connectivity index (χ0v) is 13.0. The number of benzene rings is 2. The van der Waals surface area contributed by atoms with Gasteiger partial charge in [0.25, 0.3) is 0 Å². The average molecular weight is 339 g/mol. The number of hydrogen-bond acceptors (Lipinski definition) is 2. The lowest BCUT2D eigenvalue weighted by atomic mass is 10.1. The van der Waals surface area contributed by atoms with Crippen LogP contribution in [0.25, 0.3) is 16.9 Å². The quantitative estimate of drug-likeness (QED) is 0.708. The molecule has 3 nitrogen and oxygen atoms in total. The summed E-state index contributed by atoms with van der Waals surface area (Å²) in [5.41, 5.74) is 8.77. The van der Waals surface area contributed by atoms with E-state index in [4.69, 9.17) is 40.5 Å². The molecule has 21 heavy (non-hydrogen) atoms. The Morgan fingerprint density at radius 1 is 0.905 bits per heavy atom. The molecule has 2 aromatic carbocycles. The van der Waals surface area contributed by atoms with Crippen LogP contribution in [0.2, 0.25) is 15.1 Å². The Kier molecular flexibility index (Phi) is 3.81. The van der Waals surface area contributed by atoms with E-state index in [0.29, 0.717) is 26.4 Å². The van der Waals surface area contributed by atoms with Gasteiger partial charge in [0, 0.05) is 5.56 Å². The number of rotatable bonds is 2. The summed E-state index contributed by atoms with van der Waals surface area (Å²) >= 11 is 18.1. The van der Waals surface area contributed by atoms with Crippen LogP contribution in [0.1, 0.15) is 0 Å². The number of anilines is 1. The standard InChI is InChI=1S/C15H10Cl3N3/c16-11-4-2-1-3-10(11)15-14(19)8-21(20-15)9-5-6-12(17)13(18)7-9/h1-8H,19H2. The van der Waals surface area contributed by atoms with Crippen LogP contribution in [0, 0.1) is 0 Å². The second kappa shape index (κ2) is 5.60. The van der Waals surface area contributed by atoms with E-state index in [1.165, 1.54) is 0 Å². The highest BCUT2D eigenvalue weighted by molar-refractivity contribution is 6.42. The van der Waals surface area contributed by atoms with E-state index < -0.39 is 0 Å². The molecule has 6 heteroatoms. The Bertz CT molecular complexity index is 812. The molecule has 1 heterocycles. The van der Waals surface area contributed by atoms with Gasteiger partial charge in [-0.3, -0.25) is 0 Å². The Morgan fingerprint density at radius 3 is 2.38 bits per heavy atom. The number of aromatic nitrogens is 2. The number of nitrogen functional groups attached to an aromatic ring is 1. The van der Waals surface area contributed by atoms with Gasteiger partial charge in [-0.2, -0.15) is 5.10 Å². The average Bonchev–Trinajstić information content (AvgIpc) is 2.84. The highest BCUT2D eigenvalue weighted by atomic mass is 35.5. The van der Waals surface area contributed by atoms with Gasteiger partial charge in [-0.05, 0) is 24.3 Å². The van der Waals surface area contributed by atoms with E-state index in [1.807, 2.05) is 24.3 Å². The maximum atomic E-state index is 6.19. The molecule has 0 aliphatic carbocycles. The summed E-state index contributed by atoms with van der Waals surface area (Å²) in [6.45, 7) is 0. The molecule has 3 aromatic rings. The first-order valence-electron chi connectivity index (χ1n) is 6.12. The van der Waals surface area contributed by atoms with Crippen molar-refractivity contribution in [3.05, 3.63) is 63.7 Å². The second-order valence-corrected chi connectivity index (χ2v) is 5.68. The van der Waals surface area contributed by atoms with Crippen LogP contribution in [0.5, 0.6) is 0 Å². The lowest BCUT2D eigenvalue weighted by Gasteiger charge is -2.03. The van der Waals surface area contributed by atoms with Gasteiger partial charge >= 0.3 is 0 Å². The van der Waals surface area contributed by atoms with Gasteiger partial charge in [-0.15, -0.1) is 0 Å². The van der Waals surface area contributed by atoms with Gasteiger partial charge in [-0.1, -0.05) is 53.0 Å². The number of nitrogens with two attached hydrogens (primary N) is 1. The molecule has 0 saturated carbocycles. The van der Waals surface area contributed by atoms with Crippen LogP contribution < -0.4 is 5.73 Å². The monoisotopic (exact) mass is 337 g/mol. The van der Waals surface area contributed by atoms with Gasteiger partial charge in [0.2, 0.25) is 0 Å². The summed E-state index contributed by atoms with van der Waals surface area (Å²) in [6, 6.07) is 12.7. The van der Waals surface area contributed by atoms with Crippen molar-refractivity contribution in [2.75, 3.05) is 5.73 Å². The Hall–Kier alpha value is -1.68. The van der Waals surface area contributed by atoms with E-state index >= 15 is 0 Å². The maximum Gasteiger partial charge on any atom is 0.117 e. The third kappa shape index (κ3) is 2.72. The van der Waals surface area contributed by atoms with Crippen molar-refractivity contribution >= 4 is 40.5 Å². The summed E-state index contributed by atoms with van der Waals surface area (Å²) in [5.74, 6) is 0. The molecule has 2 N–H and O–H groups in total. The highest BCUT2D eigenvalue weighted by Crippen LogP contribution is 2.32. The van der Waals surface area contributed by atoms with Crippen molar-refractivity contribution < 1.29 is 0 Å². The fourth-order valence-corrected chi connectivity index (χ4v) is 2.53. The Balaban J connectivity index is 2.09. The number of hydrogen-bond donors (Lipinski definition) is 1. The normalized spacial score (nSPS) is 10.8. The third-order valence-electron chi connectivity index (χ3n) is 3.04. The molecular formula is C15H10Cl3N3. The zero-order valence-electron chi connectivity index (χ0n) is 10.7. The summed E-state index contributed by atoms with van der Waals surface area (Å²) in [6.07, 6.45) is 1.72. The Morgan fingerprint density at radius 2 is 1.67 bits per heavy atom. The minimum Gasteiger partial charge on any atom is -0.396 e. The molecule has 0 unspecified atom stereocenters. The minimum absolute atomic E-state index is 0.461. The number of nitrogens with zero attached hydrogens (tertiary/aromatic N) is 2. The molecule has 1 aromatic heterocycles. The van der Waals surface area contributed by atoms with Crippen LogP contribution in [-0.2, 0) is 0 Å². The molecule has 106 valence electrons. The van der Waals surface area contributed by atoms with Crippen LogP contribution in [0.3, 0.4) is 0 Å². The summed E-state index contributed by atoms with van der Waals surface area (Å²) in [7, 11) is 0. The molecule has 0 amide bonds.